The average Bonchev–Trinajstić information content (AvgIpc) is 3.07. The first-order valence-corrected chi connectivity index (χ1v) is 16.1. The first-order valence-electron chi connectivity index (χ1n) is 16.1. The summed E-state index contributed by atoms with van der Waals surface area (Å²) in [4.78, 5) is 60.0. The molecule has 5 N–H and O–H groups in total. The Labute approximate surface area is 289 Å². The molecule has 0 bridgehead atoms. The number of carbonyl (C=O) groups excluding carboxylic acids is 2. The van der Waals surface area contributed by atoms with Crippen LogP contribution in [-0.2, 0) is 61.9 Å². The van der Waals surface area contributed by atoms with Gasteiger partial charge in [0, 0.05) is 30.7 Å². The first-order chi connectivity index (χ1) is 24.2. The van der Waals surface area contributed by atoms with Crippen LogP contribution in [0.2, 0.25) is 0 Å². The molecule has 288 valence electrons. The van der Waals surface area contributed by atoms with Crippen LogP contribution in [0, 0.1) is 0 Å². The van der Waals surface area contributed by atoms with Gasteiger partial charge in [-0.1, -0.05) is 5.11 Å². The molecule has 21 nitrogen and oxygen atoms in total. The molecule has 0 aliphatic heterocycles. The van der Waals surface area contributed by atoms with E-state index in [1.54, 1.807) is 0 Å². The van der Waals surface area contributed by atoms with Gasteiger partial charge >= 0.3 is 17.9 Å². The fourth-order valence-electron chi connectivity index (χ4n) is 3.55. The molecule has 0 saturated heterocycles. The van der Waals surface area contributed by atoms with Crippen LogP contribution in [0.4, 0.5) is 0 Å². The summed E-state index contributed by atoms with van der Waals surface area (Å²) in [6.07, 6.45) is -1.63. The van der Waals surface area contributed by atoms with Gasteiger partial charge in [-0.15, -0.1) is 0 Å². The number of carboxylic acids is 3. The SMILES string of the molecule is [N-]=[N+]=NCCOCCOCCOCCOCCOCCOCCOCCOCCC(=O)NC(CCC(=O)NC(CCC(=O)O)C(=O)O)C(=O)O. The molecule has 21 heteroatoms. The van der Waals surface area contributed by atoms with E-state index >= 15 is 0 Å². The fraction of sp³-hybridized carbons (Fsp3) is 0.828. The van der Waals surface area contributed by atoms with Gasteiger partial charge in [-0.3, -0.25) is 14.4 Å². The number of azide groups is 1. The molecule has 0 rings (SSSR count). The number of ether oxygens (including phenoxy) is 8. The quantitative estimate of drug-likeness (QED) is 0.0236. The summed E-state index contributed by atoms with van der Waals surface area (Å²) in [7, 11) is 0. The molecule has 0 spiro atoms. The third-order valence-electron chi connectivity index (χ3n) is 6.05. The molecular weight excluding hydrogens is 674 g/mol. The van der Waals surface area contributed by atoms with Crippen molar-refractivity contribution in [3.8, 4) is 0 Å². The van der Waals surface area contributed by atoms with E-state index < -0.39 is 54.6 Å². The first kappa shape index (κ1) is 46.3. The molecule has 50 heavy (non-hydrogen) atoms. The molecule has 0 aromatic rings. The predicted octanol–water partition coefficient (Wildman–Crippen LogP) is -0.397. The van der Waals surface area contributed by atoms with Crippen LogP contribution >= 0.6 is 0 Å². The highest BCUT2D eigenvalue weighted by Crippen LogP contribution is 2.03. The number of amides is 2. The molecule has 0 aromatic carbocycles. The second-order valence-corrected chi connectivity index (χ2v) is 9.99. The molecular formula is C29H51N5O16. The summed E-state index contributed by atoms with van der Waals surface area (Å²) < 4.78 is 42.8. The van der Waals surface area contributed by atoms with Crippen LogP contribution in [-0.4, -0.2) is 169 Å². The second-order valence-electron chi connectivity index (χ2n) is 9.99. The number of carbonyl (C=O) groups is 5. The fourth-order valence-corrected chi connectivity index (χ4v) is 3.55. The molecule has 0 aromatic heterocycles. The van der Waals surface area contributed by atoms with Gasteiger partial charge < -0.3 is 63.8 Å². The standard InChI is InChI=1S/C29H51N5O16/c30-34-31-6-8-44-10-12-46-14-16-48-18-20-50-22-21-49-19-17-47-15-13-45-11-9-43-7-5-26(36)33-23(28(39)40)1-3-25(35)32-24(29(41)42)2-4-27(37)38/h23-24H,1-22H2,(H,32,35)(H,33,36)(H,37,38)(H,39,40)(H,41,42). The maximum absolute atomic E-state index is 12.1. The Bertz CT molecular complexity index is 985. The topological polar surface area (TPSA) is 293 Å². The van der Waals surface area contributed by atoms with Gasteiger partial charge in [-0.2, -0.15) is 0 Å². The number of aliphatic carboxylic acids is 3. The minimum Gasteiger partial charge on any atom is -0.481 e. The summed E-state index contributed by atoms with van der Waals surface area (Å²) in [5, 5.41) is 34.9. The molecule has 2 unspecified atom stereocenters. The van der Waals surface area contributed by atoms with Crippen molar-refractivity contribution >= 4 is 29.7 Å². The van der Waals surface area contributed by atoms with Gasteiger partial charge in [0.1, 0.15) is 12.1 Å². The van der Waals surface area contributed by atoms with E-state index in [0.717, 1.165) is 0 Å². The Morgan fingerprint density at radius 3 is 1.16 bits per heavy atom. The number of hydrogen-bond acceptors (Lipinski definition) is 14. The molecule has 0 heterocycles. The molecule has 0 aliphatic rings. The highest BCUT2D eigenvalue weighted by molar-refractivity contribution is 5.86. The van der Waals surface area contributed by atoms with Crippen LogP contribution < -0.4 is 10.6 Å². The Morgan fingerprint density at radius 1 is 0.500 bits per heavy atom. The van der Waals surface area contributed by atoms with Gasteiger partial charge in [0.25, 0.3) is 0 Å². The zero-order valence-corrected chi connectivity index (χ0v) is 28.2. The highest BCUT2D eigenvalue weighted by atomic mass is 16.6. The summed E-state index contributed by atoms with van der Waals surface area (Å²) in [6, 6.07) is -2.82. The Hall–Kier alpha value is -3.66. The highest BCUT2D eigenvalue weighted by Gasteiger charge is 2.24. The van der Waals surface area contributed by atoms with Crippen LogP contribution in [0.1, 0.15) is 32.1 Å². The minimum atomic E-state index is -1.43. The number of carboxylic acid groups (broad SMARTS) is 3. The summed E-state index contributed by atoms with van der Waals surface area (Å²) >= 11 is 0. The van der Waals surface area contributed by atoms with E-state index in [1.807, 2.05) is 0 Å². The Balaban J connectivity index is 3.60. The maximum atomic E-state index is 12.1. The van der Waals surface area contributed by atoms with Crippen molar-refractivity contribution in [3.05, 3.63) is 10.4 Å². The molecule has 0 radical (unpaired) electrons. The van der Waals surface area contributed by atoms with Crippen molar-refractivity contribution in [2.75, 3.05) is 112 Å². The number of hydrogen-bond donors (Lipinski definition) is 5. The zero-order chi connectivity index (χ0) is 37.1. The lowest BCUT2D eigenvalue weighted by Gasteiger charge is -2.16. The molecule has 0 fully saturated rings. The normalized spacial score (nSPS) is 12.1. The summed E-state index contributed by atoms with van der Waals surface area (Å²) in [5.41, 5.74) is 8.13. The largest absolute Gasteiger partial charge is 0.481 e. The van der Waals surface area contributed by atoms with Crippen molar-refractivity contribution in [2.24, 2.45) is 5.11 Å². The monoisotopic (exact) mass is 725 g/mol. The van der Waals surface area contributed by atoms with Crippen molar-refractivity contribution < 1.29 is 77.2 Å². The van der Waals surface area contributed by atoms with E-state index in [-0.39, 0.29) is 39.1 Å². The average molecular weight is 726 g/mol. The van der Waals surface area contributed by atoms with Crippen LogP contribution in [0.3, 0.4) is 0 Å². The van der Waals surface area contributed by atoms with Gasteiger partial charge in [0.15, 0.2) is 0 Å². The summed E-state index contributed by atoms with van der Waals surface area (Å²) in [5.74, 6) is -5.41. The van der Waals surface area contributed by atoms with Crippen molar-refractivity contribution in [1.82, 2.24) is 10.6 Å². The molecule has 0 aliphatic carbocycles. The number of nitrogens with one attached hydrogen (secondary N) is 2. The smallest absolute Gasteiger partial charge is 0.326 e. The van der Waals surface area contributed by atoms with Crippen molar-refractivity contribution in [3.63, 3.8) is 0 Å². The summed E-state index contributed by atoms with van der Waals surface area (Å²) in [6.45, 7) is 6.02. The van der Waals surface area contributed by atoms with E-state index in [4.69, 9.17) is 53.6 Å². The minimum absolute atomic E-state index is 0.00547. The van der Waals surface area contributed by atoms with E-state index in [1.165, 1.54) is 0 Å². The second kappa shape index (κ2) is 33.8. The predicted molar refractivity (Wildman–Crippen MR) is 170 cm³/mol. The third-order valence-corrected chi connectivity index (χ3v) is 6.05. The van der Waals surface area contributed by atoms with Crippen molar-refractivity contribution in [1.29, 1.82) is 0 Å². The maximum Gasteiger partial charge on any atom is 0.326 e. The zero-order valence-electron chi connectivity index (χ0n) is 28.2. The van der Waals surface area contributed by atoms with Gasteiger partial charge in [0.2, 0.25) is 11.8 Å². The van der Waals surface area contributed by atoms with Gasteiger partial charge in [0.05, 0.1) is 106 Å². The lowest BCUT2D eigenvalue weighted by Crippen LogP contribution is -2.44. The van der Waals surface area contributed by atoms with E-state index in [9.17, 15) is 29.1 Å². The van der Waals surface area contributed by atoms with Gasteiger partial charge in [-0.25, -0.2) is 9.59 Å². The molecule has 2 amide bonds. The number of nitrogens with zero attached hydrogens (tertiary/aromatic N) is 3. The van der Waals surface area contributed by atoms with E-state index in [0.29, 0.717) is 92.4 Å². The van der Waals surface area contributed by atoms with Crippen LogP contribution in [0.5, 0.6) is 0 Å². The third kappa shape index (κ3) is 31.6. The van der Waals surface area contributed by atoms with Gasteiger partial charge in [-0.05, 0) is 18.4 Å². The Kier molecular flexibility index (Phi) is 31.3. The van der Waals surface area contributed by atoms with Crippen LogP contribution in [0.25, 0.3) is 10.4 Å². The van der Waals surface area contributed by atoms with E-state index in [2.05, 4.69) is 20.7 Å². The lowest BCUT2D eigenvalue weighted by molar-refractivity contribution is -0.144. The van der Waals surface area contributed by atoms with Crippen LogP contribution in [0.15, 0.2) is 5.11 Å². The number of rotatable bonds is 37. The van der Waals surface area contributed by atoms with Crippen molar-refractivity contribution in [2.45, 2.75) is 44.2 Å². The lowest BCUT2D eigenvalue weighted by atomic mass is 10.1. The molecule has 2 atom stereocenters. The Morgan fingerprint density at radius 2 is 0.820 bits per heavy atom. The molecule has 0 saturated carbocycles.